The SMILES string of the molecule is CCN(C)C=Nc1cc(F)c(C2(OCc3cccc(OC)c3F)COC2)cc1C. The molecule has 3 rings (SSSR count). The highest BCUT2D eigenvalue weighted by molar-refractivity contribution is 5.63. The Kier molecular flexibility index (Phi) is 6.49. The second kappa shape index (κ2) is 8.88. The molecule has 0 amide bonds. The van der Waals surface area contributed by atoms with E-state index in [1.165, 1.54) is 13.2 Å². The highest BCUT2D eigenvalue weighted by Crippen LogP contribution is 2.39. The predicted molar refractivity (Wildman–Crippen MR) is 108 cm³/mol. The highest BCUT2D eigenvalue weighted by atomic mass is 19.1. The molecule has 1 aliphatic rings. The van der Waals surface area contributed by atoms with Crippen molar-refractivity contribution in [2.75, 3.05) is 33.9 Å². The Balaban J connectivity index is 1.84. The lowest BCUT2D eigenvalue weighted by molar-refractivity contribution is -0.224. The van der Waals surface area contributed by atoms with Crippen LogP contribution in [0.1, 0.15) is 23.6 Å². The highest BCUT2D eigenvalue weighted by Gasteiger charge is 2.44. The summed E-state index contributed by atoms with van der Waals surface area (Å²) in [6, 6.07) is 7.99. The average molecular weight is 404 g/mol. The zero-order valence-electron chi connectivity index (χ0n) is 17.2. The molecule has 0 aliphatic carbocycles. The smallest absolute Gasteiger partial charge is 0.170 e. The molecule has 1 saturated heterocycles. The van der Waals surface area contributed by atoms with Gasteiger partial charge in [-0.15, -0.1) is 0 Å². The third kappa shape index (κ3) is 4.41. The number of nitrogens with zero attached hydrogens (tertiary/aromatic N) is 2. The molecule has 0 unspecified atom stereocenters. The molecule has 0 bridgehead atoms. The van der Waals surface area contributed by atoms with Gasteiger partial charge < -0.3 is 19.1 Å². The van der Waals surface area contributed by atoms with Crippen LogP contribution in [0.2, 0.25) is 0 Å². The van der Waals surface area contributed by atoms with Crippen LogP contribution in [0.4, 0.5) is 14.5 Å². The van der Waals surface area contributed by atoms with Crippen molar-refractivity contribution in [1.29, 1.82) is 0 Å². The molecule has 29 heavy (non-hydrogen) atoms. The van der Waals surface area contributed by atoms with E-state index in [4.69, 9.17) is 14.2 Å². The van der Waals surface area contributed by atoms with Crippen LogP contribution in [-0.2, 0) is 21.7 Å². The third-order valence-corrected chi connectivity index (χ3v) is 5.11. The number of methoxy groups -OCH3 is 1. The van der Waals surface area contributed by atoms with Gasteiger partial charge in [-0.05, 0) is 31.5 Å². The van der Waals surface area contributed by atoms with Crippen LogP contribution in [-0.4, -0.2) is 45.2 Å². The number of aryl methyl sites for hydroxylation is 1. The summed E-state index contributed by atoms with van der Waals surface area (Å²) in [7, 11) is 3.31. The van der Waals surface area contributed by atoms with E-state index in [9.17, 15) is 8.78 Å². The van der Waals surface area contributed by atoms with Gasteiger partial charge in [0.1, 0.15) is 11.4 Å². The fourth-order valence-electron chi connectivity index (χ4n) is 3.05. The predicted octanol–water partition coefficient (Wildman–Crippen LogP) is 4.34. The molecule has 2 aromatic carbocycles. The average Bonchev–Trinajstić information content (AvgIpc) is 2.69. The first kappa shape index (κ1) is 21.2. The summed E-state index contributed by atoms with van der Waals surface area (Å²) in [6.45, 7) is 5.07. The first-order valence-electron chi connectivity index (χ1n) is 9.48. The van der Waals surface area contributed by atoms with E-state index in [-0.39, 0.29) is 25.6 Å². The van der Waals surface area contributed by atoms with Gasteiger partial charge >= 0.3 is 0 Å². The van der Waals surface area contributed by atoms with Gasteiger partial charge in [-0.1, -0.05) is 12.1 Å². The zero-order chi connectivity index (χ0) is 21.0. The second-order valence-corrected chi connectivity index (χ2v) is 7.15. The first-order valence-corrected chi connectivity index (χ1v) is 9.48. The molecule has 2 aromatic rings. The Labute approximate surface area is 169 Å². The topological polar surface area (TPSA) is 43.3 Å². The molecule has 1 heterocycles. The van der Waals surface area contributed by atoms with Crippen LogP contribution in [0.25, 0.3) is 0 Å². The minimum absolute atomic E-state index is 0.0217. The maximum absolute atomic E-state index is 15.0. The minimum atomic E-state index is -0.952. The molecule has 0 radical (unpaired) electrons. The summed E-state index contributed by atoms with van der Waals surface area (Å²) < 4.78 is 45.7. The van der Waals surface area contributed by atoms with Crippen LogP contribution in [0.15, 0.2) is 35.3 Å². The van der Waals surface area contributed by atoms with Gasteiger partial charge in [0.25, 0.3) is 0 Å². The molecule has 1 fully saturated rings. The maximum atomic E-state index is 15.0. The molecule has 0 saturated carbocycles. The van der Waals surface area contributed by atoms with Crippen LogP contribution in [0.5, 0.6) is 5.75 Å². The molecule has 156 valence electrons. The van der Waals surface area contributed by atoms with Crippen molar-refractivity contribution < 1.29 is 23.0 Å². The molecule has 0 atom stereocenters. The number of halogens is 2. The Bertz CT molecular complexity index is 898. The van der Waals surface area contributed by atoms with Gasteiger partial charge in [0.05, 0.1) is 39.0 Å². The molecule has 1 aliphatic heterocycles. The monoisotopic (exact) mass is 404 g/mol. The van der Waals surface area contributed by atoms with Crippen molar-refractivity contribution in [3.05, 3.63) is 58.7 Å². The largest absolute Gasteiger partial charge is 0.494 e. The second-order valence-electron chi connectivity index (χ2n) is 7.15. The summed E-state index contributed by atoms with van der Waals surface area (Å²) in [4.78, 5) is 6.26. The molecule has 0 N–H and O–H groups in total. The number of benzene rings is 2. The van der Waals surface area contributed by atoms with Crippen LogP contribution < -0.4 is 4.74 Å². The van der Waals surface area contributed by atoms with Gasteiger partial charge in [0.2, 0.25) is 0 Å². The van der Waals surface area contributed by atoms with Crippen molar-refractivity contribution in [2.45, 2.75) is 26.1 Å². The van der Waals surface area contributed by atoms with E-state index >= 15 is 0 Å². The van der Waals surface area contributed by atoms with Crippen molar-refractivity contribution in [2.24, 2.45) is 4.99 Å². The lowest BCUT2D eigenvalue weighted by Gasteiger charge is -2.42. The summed E-state index contributed by atoms with van der Waals surface area (Å²) in [5.41, 5.74) is 1.17. The van der Waals surface area contributed by atoms with Crippen molar-refractivity contribution in [3.63, 3.8) is 0 Å². The number of hydrogen-bond acceptors (Lipinski definition) is 4. The Morgan fingerprint density at radius 3 is 2.66 bits per heavy atom. The van der Waals surface area contributed by atoms with Gasteiger partial charge in [-0.2, -0.15) is 0 Å². The minimum Gasteiger partial charge on any atom is -0.494 e. The molecular weight excluding hydrogens is 378 g/mol. The fourth-order valence-corrected chi connectivity index (χ4v) is 3.05. The lowest BCUT2D eigenvalue weighted by Crippen LogP contribution is -2.49. The number of hydrogen-bond donors (Lipinski definition) is 0. The van der Waals surface area contributed by atoms with E-state index in [0.29, 0.717) is 16.8 Å². The zero-order valence-corrected chi connectivity index (χ0v) is 17.2. The van der Waals surface area contributed by atoms with Crippen LogP contribution in [0.3, 0.4) is 0 Å². The summed E-state index contributed by atoms with van der Waals surface area (Å²) in [5.74, 6) is -0.755. The van der Waals surface area contributed by atoms with Gasteiger partial charge in [-0.25, -0.2) is 13.8 Å². The molecule has 0 aromatic heterocycles. The normalized spacial score (nSPS) is 15.4. The van der Waals surface area contributed by atoms with Gasteiger partial charge in [0, 0.05) is 30.8 Å². The van der Waals surface area contributed by atoms with Gasteiger partial charge in [0.15, 0.2) is 11.6 Å². The molecule has 7 heteroatoms. The Morgan fingerprint density at radius 1 is 1.28 bits per heavy atom. The Hall–Kier alpha value is -2.51. The molecule has 5 nitrogen and oxygen atoms in total. The standard InChI is InChI=1S/C22H26F2N2O3/c1-5-26(3)14-25-19-10-18(23)17(9-15(19)2)22(12-28-13-22)29-11-16-7-6-8-20(27-4)21(16)24/h6-10,14H,5,11-13H2,1-4H3. The van der Waals surface area contributed by atoms with Gasteiger partial charge in [-0.3, -0.25) is 0 Å². The number of ether oxygens (including phenoxy) is 3. The summed E-state index contributed by atoms with van der Waals surface area (Å²) in [5, 5.41) is 0. The molecular formula is C22H26F2N2O3. The van der Waals surface area contributed by atoms with E-state index in [1.807, 2.05) is 25.8 Å². The quantitative estimate of drug-likeness (QED) is 0.485. The van der Waals surface area contributed by atoms with E-state index < -0.39 is 17.2 Å². The van der Waals surface area contributed by atoms with E-state index in [2.05, 4.69) is 4.99 Å². The number of rotatable bonds is 8. The molecule has 0 spiro atoms. The van der Waals surface area contributed by atoms with Crippen molar-refractivity contribution >= 4 is 12.0 Å². The van der Waals surface area contributed by atoms with Crippen molar-refractivity contribution in [1.82, 2.24) is 4.90 Å². The summed E-state index contributed by atoms with van der Waals surface area (Å²) in [6.07, 6.45) is 1.67. The van der Waals surface area contributed by atoms with Crippen molar-refractivity contribution in [3.8, 4) is 5.75 Å². The van der Waals surface area contributed by atoms with E-state index in [1.54, 1.807) is 30.6 Å². The van der Waals surface area contributed by atoms with E-state index in [0.717, 1.165) is 12.1 Å². The maximum Gasteiger partial charge on any atom is 0.170 e. The summed E-state index contributed by atoms with van der Waals surface area (Å²) >= 11 is 0. The third-order valence-electron chi connectivity index (χ3n) is 5.11. The lowest BCUT2D eigenvalue weighted by atomic mass is 9.89. The van der Waals surface area contributed by atoms with Crippen LogP contribution >= 0.6 is 0 Å². The fraction of sp³-hybridized carbons (Fsp3) is 0.409. The first-order chi connectivity index (χ1) is 13.9. The van der Waals surface area contributed by atoms with Crippen LogP contribution in [0, 0.1) is 18.6 Å². The number of aliphatic imine (C=N–C) groups is 1. The Morgan fingerprint density at radius 2 is 2.03 bits per heavy atom.